The van der Waals surface area contributed by atoms with Crippen LogP contribution in [0.5, 0.6) is 0 Å². The first-order valence-corrected chi connectivity index (χ1v) is 7.77. The lowest BCUT2D eigenvalue weighted by atomic mass is 10.0. The van der Waals surface area contributed by atoms with Crippen molar-refractivity contribution in [1.82, 2.24) is 5.32 Å². The van der Waals surface area contributed by atoms with Crippen LogP contribution in [0, 0.1) is 0 Å². The number of benzene rings is 1. The first kappa shape index (κ1) is 15.5. The van der Waals surface area contributed by atoms with Crippen molar-refractivity contribution in [1.29, 1.82) is 0 Å². The third kappa shape index (κ3) is 3.82. The van der Waals surface area contributed by atoms with Gasteiger partial charge in [-0.25, -0.2) is 4.79 Å². The van der Waals surface area contributed by atoms with E-state index in [0.29, 0.717) is 12.8 Å². The highest BCUT2D eigenvalue weighted by Gasteiger charge is 2.28. The molecule has 0 saturated carbocycles. The third-order valence-corrected chi connectivity index (χ3v) is 4.41. The number of carboxylic acid groups (broad SMARTS) is 1. The number of carboxylic acids is 1. The molecule has 0 aliphatic heterocycles. The lowest BCUT2D eigenvalue weighted by molar-refractivity contribution is -0.146. The quantitative estimate of drug-likeness (QED) is 0.861. The van der Waals surface area contributed by atoms with Crippen molar-refractivity contribution >= 4 is 33.3 Å². The molecule has 2 N–H and O–H groups in total. The van der Waals surface area contributed by atoms with Crippen molar-refractivity contribution in [3.05, 3.63) is 35.2 Å². The first-order valence-electron chi connectivity index (χ1n) is 6.89. The predicted molar refractivity (Wildman–Crippen MR) is 84.6 cm³/mol. The number of hydrogen-bond donors (Lipinski definition) is 2. The van der Waals surface area contributed by atoms with Gasteiger partial charge in [-0.2, -0.15) is 0 Å². The molecule has 0 saturated heterocycles. The Morgan fingerprint density at radius 1 is 1.29 bits per heavy atom. The summed E-state index contributed by atoms with van der Waals surface area (Å²) in [7, 11) is 0. The molecular weight excluding hydrogens is 286 g/mol. The zero-order valence-corrected chi connectivity index (χ0v) is 13.0. The molecule has 2 rings (SSSR count). The Balaban J connectivity index is 1.87. The van der Waals surface area contributed by atoms with E-state index in [1.54, 1.807) is 11.3 Å². The summed E-state index contributed by atoms with van der Waals surface area (Å²) in [5.41, 5.74) is 0.0347. The maximum absolute atomic E-state index is 11.8. The van der Waals surface area contributed by atoms with Crippen molar-refractivity contribution in [2.45, 2.75) is 38.6 Å². The molecule has 1 aromatic carbocycles. The van der Waals surface area contributed by atoms with Crippen LogP contribution in [0.2, 0.25) is 0 Å². The van der Waals surface area contributed by atoms with Crippen LogP contribution < -0.4 is 5.32 Å². The van der Waals surface area contributed by atoms with Gasteiger partial charge in [-0.1, -0.05) is 18.2 Å². The zero-order chi connectivity index (χ0) is 15.5. The number of nitrogens with one attached hydrogen (secondary N) is 1. The van der Waals surface area contributed by atoms with Crippen molar-refractivity contribution in [2.24, 2.45) is 0 Å². The van der Waals surface area contributed by atoms with Gasteiger partial charge in [0.2, 0.25) is 5.91 Å². The Morgan fingerprint density at radius 3 is 2.71 bits per heavy atom. The minimum atomic E-state index is -1.22. The van der Waals surface area contributed by atoms with Gasteiger partial charge in [0.05, 0.1) is 0 Å². The molecule has 0 radical (unpaired) electrons. The number of fused-ring (bicyclic) bond motifs is 1. The van der Waals surface area contributed by atoms with Crippen LogP contribution in [0.3, 0.4) is 0 Å². The second kappa shape index (κ2) is 6.26. The van der Waals surface area contributed by atoms with Gasteiger partial charge < -0.3 is 10.4 Å². The number of hydrogen-bond acceptors (Lipinski definition) is 3. The average molecular weight is 305 g/mol. The Bertz CT molecular complexity index is 660. The second-order valence-corrected chi connectivity index (χ2v) is 6.50. The Labute approximate surface area is 127 Å². The highest BCUT2D eigenvalue weighted by molar-refractivity contribution is 7.17. The number of amides is 1. The van der Waals surface area contributed by atoms with E-state index in [1.807, 2.05) is 12.1 Å². The van der Waals surface area contributed by atoms with Gasteiger partial charge in [-0.15, -0.1) is 11.3 Å². The Hall–Kier alpha value is -1.88. The van der Waals surface area contributed by atoms with Crippen molar-refractivity contribution in [3.8, 4) is 0 Å². The molecule has 0 atom stereocenters. The summed E-state index contributed by atoms with van der Waals surface area (Å²) in [5.74, 6) is -1.25. The van der Waals surface area contributed by atoms with Gasteiger partial charge in [0, 0.05) is 11.1 Å². The van der Waals surface area contributed by atoms with E-state index < -0.39 is 11.5 Å². The number of carbonyl (C=O) groups is 2. The fourth-order valence-electron chi connectivity index (χ4n) is 2.13. The number of carbonyl (C=O) groups excluding carboxylic acids is 1. The summed E-state index contributed by atoms with van der Waals surface area (Å²) >= 11 is 1.71. The summed E-state index contributed by atoms with van der Waals surface area (Å²) in [5, 5.41) is 14.9. The zero-order valence-electron chi connectivity index (χ0n) is 12.2. The molecule has 5 heteroatoms. The summed E-state index contributed by atoms with van der Waals surface area (Å²) in [4.78, 5) is 22.7. The maximum Gasteiger partial charge on any atom is 0.328 e. The Morgan fingerprint density at radius 2 is 2.00 bits per heavy atom. The van der Waals surface area contributed by atoms with Crippen LogP contribution in [0.25, 0.3) is 10.1 Å². The van der Waals surface area contributed by atoms with Crippen LogP contribution in [-0.2, 0) is 16.0 Å². The van der Waals surface area contributed by atoms with Crippen molar-refractivity contribution < 1.29 is 14.7 Å². The van der Waals surface area contributed by atoms with E-state index in [4.69, 9.17) is 5.11 Å². The summed E-state index contributed by atoms with van der Waals surface area (Å²) in [6.45, 7) is 2.97. The molecule has 0 bridgehead atoms. The number of thiophene rings is 1. The number of aryl methyl sites for hydroxylation is 1. The molecule has 4 nitrogen and oxygen atoms in total. The molecule has 0 fully saturated rings. The fraction of sp³-hybridized carbons (Fsp3) is 0.375. The van der Waals surface area contributed by atoms with E-state index in [9.17, 15) is 9.59 Å². The Kier molecular flexibility index (Phi) is 4.63. The molecule has 0 unspecified atom stereocenters. The first-order chi connectivity index (χ1) is 9.90. The fourth-order valence-corrected chi connectivity index (χ4v) is 3.13. The monoisotopic (exact) mass is 305 g/mol. The van der Waals surface area contributed by atoms with Gasteiger partial charge in [0.1, 0.15) is 5.54 Å². The maximum atomic E-state index is 11.8. The summed E-state index contributed by atoms with van der Waals surface area (Å²) in [6, 6.07) is 8.21. The molecule has 2 aromatic rings. The van der Waals surface area contributed by atoms with E-state index in [1.165, 1.54) is 29.5 Å². The molecule has 0 aliphatic carbocycles. The minimum Gasteiger partial charge on any atom is -0.480 e. The number of aliphatic carboxylic acids is 1. The van der Waals surface area contributed by atoms with E-state index >= 15 is 0 Å². The largest absolute Gasteiger partial charge is 0.480 e. The van der Waals surface area contributed by atoms with Crippen LogP contribution >= 0.6 is 11.3 Å². The van der Waals surface area contributed by atoms with Crippen LogP contribution in [0.15, 0.2) is 29.6 Å². The summed E-state index contributed by atoms with van der Waals surface area (Å²) in [6.07, 6.45) is 1.87. The molecule has 1 aromatic heterocycles. The molecule has 0 spiro atoms. The highest BCUT2D eigenvalue weighted by Crippen LogP contribution is 2.26. The normalized spacial score (nSPS) is 11.5. The molecule has 1 heterocycles. The SMILES string of the molecule is CC(C)(NC(=O)CCCc1csc2ccccc12)C(=O)O. The van der Waals surface area contributed by atoms with Crippen LogP contribution in [-0.4, -0.2) is 22.5 Å². The highest BCUT2D eigenvalue weighted by atomic mass is 32.1. The summed E-state index contributed by atoms with van der Waals surface area (Å²) < 4.78 is 1.25. The minimum absolute atomic E-state index is 0.220. The van der Waals surface area contributed by atoms with Crippen molar-refractivity contribution in [2.75, 3.05) is 0 Å². The van der Waals surface area contributed by atoms with Crippen LogP contribution in [0.4, 0.5) is 0 Å². The van der Waals surface area contributed by atoms with E-state index in [2.05, 4.69) is 22.8 Å². The topological polar surface area (TPSA) is 66.4 Å². The van der Waals surface area contributed by atoms with E-state index in [-0.39, 0.29) is 5.91 Å². The van der Waals surface area contributed by atoms with Gasteiger partial charge >= 0.3 is 5.97 Å². The molecule has 0 aliphatic rings. The smallest absolute Gasteiger partial charge is 0.328 e. The van der Waals surface area contributed by atoms with Gasteiger partial charge in [0.25, 0.3) is 0 Å². The van der Waals surface area contributed by atoms with Gasteiger partial charge in [-0.3, -0.25) is 4.79 Å². The molecule has 112 valence electrons. The van der Waals surface area contributed by atoms with E-state index in [0.717, 1.165) is 6.42 Å². The van der Waals surface area contributed by atoms with Gasteiger partial charge in [-0.05, 0) is 49.1 Å². The van der Waals surface area contributed by atoms with Crippen LogP contribution in [0.1, 0.15) is 32.3 Å². The second-order valence-electron chi connectivity index (χ2n) is 5.59. The number of rotatable bonds is 6. The lowest BCUT2D eigenvalue weighted by Crippen LogP contribution is -2.49. The van der Waals surface area contributed by atoms with Crippen molar-refractivity contribution in [3.63, 3.8) is 0 Å². The standard InChI is InChI=1S/C16H19NO3S/c1-16(2,15(19)20)17-14(18)9-5-6-11-10-21-13-8-4-3-7-12(11)13/h3-4,7-8,10H,5-6,9H2,1-2H3,(H,17,18)(H,19,20). The molecular formula is C16H19NO3S. The third-order valence-electron chi connectivity index (χ3n) is 3.40. The van der Waals surface area contributed by atoms with Gasteiger partial charge in [0.15, 0.2) is 0 Å². The molecule has 1 amide bonds. The molecule has 21 heavy (non-hydrogen) atoms. The average Bonchev–Trinajstić information content (AvgIpc) is 2.81. The lowest BCUT2D eigenvalue weighted by Gasteiger charge is -2.20. The predicted octanol–water partition coefficient (Wildman–Crippen LogP) is 3.20.